The third-order valence-corrected chi connectivity index (χ3v) is 4.81. The average molecular weight is 346 g/mol. The lowest BCUT2D eigenvalue weighted by Gasteiger charge is -2.28. The van der Waals surface area contributed by atoms with Crippen LogP contribution in [0.1, 0.15) is 0 Å². The van der Waals surface area contributed by atoms with Crippen molar-refractivity contribution in [2.45, 2.75) is 0 Å². The third kappa shape index (κ3) is 2.36. The van der Waals surface area contributed by atoms with Crippen molar-refractivity contribution in [3.63, 3.8) is 0 Å². The molecule has 5 rings (SSSR count). The van der Waals surface area contributed by atoms with Crippen LogP contribution in [0.25, 0.3) is 27.6 Å². The topological polar surface area (TPSA) is 78.8 Å². The number of piperazine rings is 1. The van der Waals surface area contributed by atoms with Gasteiger partial charge in [-0.1, -0.05) is 18.2 Å². The molecule has 1 aliphatic heterocycles. The Kier molecular flexibility index (Phi) is 3.46. The van der Waals surface area contributed by atoms with Gasteiger partial charge >= 0.3 is 0 Å². The van der Waals surface area contributed by atoms with Crippen LogP contribution in [0.4, 0.5) is 5.82 Å². The predicted octanol–water partition coefficient (Wildman–Crippen LogP) is 1.67. The smallest absolute Gasteiger partial charge is 0.280 e. The number of anilines is 1. The van der Waals surface area contributed by atoms with Gasteiger partial charge in [-0.25, -0.2) is 9.67 Å². The van der Waals surface area contributed by atoms with Gasteiger partial charge in [0.15, 0.2) is 0 Å². The van der Waals surface area contributed by atoms with Crippen LogP contribution in [-0.2, 0) is 0 Å². The number of aromatic nitrogens is 4. The zero-order valence-electron chi connectivity index (χ0n) is 14.1. The molecule has 0 radical (unpaired) electrons. The van der Waals surface area contributed by atoms with Crippen LogP contribution in [-0.4, -0.2) is 45.9 Å². The van der Waals surface area contributed by atoms with Gasteiger partial charge < -0.3 is 10.2 Å². The van der Waals surface area contributed by atoms with Gasteiger partial charge in [0.2, 0.25) is 0 Å². The Morgan fingerprint density at radius 3 is 2.62 bits per heavy atom. The minimum absolute atomic E-state index is 0.116. The molecule has 1 saturated heterocycles. The maximum Gasteiger partial charge on any atom is 0.280 e. The average Bonchev–Trinajstić information content (AvgIpc) is 3.06. The molecule has 3 aromatic heterocycles. The molecule has 2 N–H and O–H groups in total. The summed E-state index contributed by atoms with van der Waals surface area (Å²) in [6.07, 6.45) is 1.63. The molecule has 1 aliphatic rings. The molecule has 1 fully saturated rings. The van der Waals surface area contributed by atoms with E-state index in [0.29, 0.717) is 5.39 Å². The van der Waals surface area contributed by atoms with E-state index in [1.165, 1.54) is 0 Å². The van der Waals surface area contributed by atoms with Crippen molar-refractivity contribution in [3.05, 3.63) is 59.0 Å². The van der Waals surface area contributed by atoms with Crippen LogP contribution >= 0.6 is 0 Å². The van der Waals surface area contributed by atoms with Gasteiger partial charge in [0, 0.05) is 32.4 Å². The number of pyridine rings is 2. The molecule has 4 heterocycles. The second-order valence-corrected chi connectivity index (χ2v) is 6.41. The summed E-state index contributed by atoms with van der Waals surface area (Å²) < 4.78 is 1.55. The normalized spacial score (nSPS) is 15.0. The molecule has 130 valence electrons. The van der Waals surface area contributed by atoms with Gasteiger partial charge in [0.05, 0.1) is 22.1 Å². The number of benzene rings is 1. The molecule has 1 aromatic carbocycles. The van der Waals surface area contributed by atoms with Gasteiger partial charge in [-0.2, -0.15) is 0 Å². The molecule has 26 heavy (non-hydrogen) atoms. The number of para-hydroxylation sites is 1. The molecular weight excluding hydrogens is 328 g/mol. The fraction of sp³-hybridized carbons (Fsp3) is 0.211. The van der Waals surface area contributed by atoms with Crippen LogP contribution in [0.5, 0.6) is 0 Å². The van der Waals surface area contributed by atoms with Gasteiger partial charge in [0.1, 0.15) is 11.3 Å². The van der Waals surface area contributed by atoms with E-state index >= 15 is 0 Å². The minimum atomic E-state index is -0.116. The minimum Gasteiger partial charge on any atom is -0.354 e. The van der Waals surface area contributed by atoms with Crippen LogP contribution in [0.2, 0.25) is 0 Å². The number of fused-ring (bicyclic) bond motifs is 3. The Bertz CT molecular complexity index is 1140. The first-order valence-electron chi connectivity index (χ1n) is 8.73. The zero-order valence-corrected chi connectivity index (χ0v) is 14.1. The van der Waals surface area contributed by atoms with Gasteiger partial charge in [0.25, 0.3) is 5.56 Å². The van der Waals surface area contributed by atoms with Crippen molar-refractivity contribution in [2.24, 2.45) is 0 Å². The maximum absolute atomic E-state index is 12.8. The first-order chi connectivity index (χ1) is 12.8. The lowest BCUT2D eigenvalue weighted by Crippen LogP contribution is -2.43. The molecule has 7 nitrogen and oxygen atoms in total. The van der Waals surface area contributed by atoms with E-state index in [1.54, 1.807) is 10.9 Å². The first-order valence-corrected chi connectivity index (χ1v) is 8.73. The summed E-state index contributed by atoms with van der Waals surface area (Å²) in [5, 5.41) is 7.12. The number of hydrogen-bond donors (Lipinski definition) is 2. The van der Waals surface area contributed by atoms with E-state index in [-0.39, 0.29) is 5.56 Å². The number of H-pyrrole nitrogens is 1. The number of nitrogens with zero attached hydrogens (tertiary/aromatic N) is 4. The molecule has 7 heteroatoms. The lowest BCUT2D eigenvalue weighted by atomic mass is 10.2. The van der Waals surface area contributed by atoms with Gasteiger partial charge in [-0.15, -0.1) is 0 Å². The summed E-state index contributed by atoms with van der Waals surface area (Å²) in [7, 11) is 0. The van der Waals surface area contributed by atoms with Crippen molar-refractivity contribution >= 4 is 27.8 Å². The number of hydrogen-bond acceptors (Lipinski definition) is 5. The molecule has 0 aliphatic carbocycles. The zero-order chi connectivity index (χ0) is 17.5. The maximum atomic E-state index is 12.8. The van der Waals surface area contributed by atoms with Gasteiger partial charge in [-0.05, 0) is 24.3 Å². The van der Waals surface area contributed by atoms with Gasteiger partial charge in [-0.3, -0.25) is 14.9 Å². The van der Waals surface area contributed by atoms with Crippen LogP contribution < -0.4 is 15.8 Å². The summed E-state index contributed by atoms with van der Waals surface area (Å²) in [6, 6.07) is 13.5. The molecule has 0 atom stereocenters. The molecule has 0 spiro atoms. The second-order valence-electron chi connectivity index (χ2n) is 6.41. The predicted molar refractivity (Wildman–Crippen MR) is 102 cm³/mol. The summed E-state index contributed by atoms with van der Waals surface area (Å²) in [4.78, 5) is 24.3. The SMILES string of the molecule is O=c1c2cnc3ccc(N4CCNCC4)nc3c2[nH]n1-c1ccccc1. The van der Waals surface area contributed by atoms with E-state index in [0.717, 1.165) is 54.2 Å². The highest BCUT2D eigenvalue weighted by atomic mass is 16.1. The fourth-order valence-corrected chi connectivity index (χ4v) is 3.44. The molecule has 4 aromatic rings. The van der Waals surface area contributed by atoms with Crippen LogP contribution in [0.15, 0.2) is 53.5 Å². The summed E-state index contributed by atoms with van der Waals surface area (Å²) >= 11 is 0. The molecule has 0 bridgehead atoms. The van der Waals surface area contributed by atoms with Crippen molar-refractivity contribution in [3.8, 4) is 5.69 Å². The standard InChI is InChI=1S/C19H18N6O/c26-19-14-12-21-15-6-7-16(24-10-8-20-9-11-24)22-18(15)17(14)23-25(19)13-4-2-1-3-5-13/h1-7,12,20,23H,8-11H2. The largest absolute Gasteiger partial charge is 0.354 e. The van der Waals surface area contributed by atoms with E-state index in [4.69, 9.17) is 4.98 Å². The highest BCUT2D eigenvalue weighted by Crippen LogP contribution is 2.22. The Morgan fingerprint density at radius 1 is 1.00 bits per heavy atom. The number of aromatic amines is 1. The fourth-order valence-electron chi connectivity index (χ4n) is 3.44. The summed E-state index contributed by atoms with van der Waals surface area (Å²) in [5.41, 5.74) is 2.90. The molecular formula is C19H18N6O. The third-order valence-electron chi connectivity index (χ3n) is 4.81. The Hall–Kier alpha value is -3.19. The van der Waals surface area contributed by atoms with Crippen molar-refractivity contribution in [1.82, 2.24) is 25.1 Å². The lowest BCUT2D eigenvalue weighted by molar-refractivity contribution is 0.585. The van der Waals surface area contributed by atoms with Crippen LogP contribution in [0, 0.1) is 0 Å². The number of nitrogens with one attached hydrogen (secondary N) is 2. The Labute approximate surface area is 149 Å². The van der Waals surface area contributed by atoms with Crippen molar-refractivity contribution < 1.29 is 0 Å². The molecule has 0 amide bonds. The molecule has 0 saturated carbocycles. The monoisotopic (exact) mass is 346 g/mol. The van der Waals surface area contributed by atoms with E-state index < -0.39 is 0 Å². The second kappa shape index (κ2) is 5.96. The Morgan fingerprint density at radius 2 is 1.81 bits per heavy atom. The van der Waals surface area contributed by atoms with E-state index in [2.05, 4.69) is 20.3 Å². The highest BCUT2D eigenvalue weighted by Gasteiger charge is 2.16. The Balaban J connectivity index is 1.72. The van der Waals surface area contributed by atoms with E-state index in [1.807, 2.05) is 42.5 Å². The first kappa shape index (κ1) is 15.1. The summed E-state index contributed by atoms with van der Waals surface area (Å²) in [5.74, 6) is 0.918. The molecule has 0 unspecified atom stereocenters. The quantitative estimate of drug-likeness (QED) is 0.577. The summed E-state index contributed by atoms with van der Waals surface area (Å²) in [6.45, 7) is 3.74. The highest BCUT2D eigenvalue weighted by molar-refractivity contribution is 6.00. The van der Waals surface area contributed by atoms with Crippen molar-refractivity contribution in [2.75, 3.05) is 31.1 Å². The van der Waals surface area contributed by atoms with Crippen LogP contribution in [0.3, 0.4) is 0 Å². The number of rotatable bonds is 2. The van der Waals surface area contributed by atoms with E-state index in [9.17, 15) is 4.79 Å². The van der Waals surface area contributed by atoms with Crippen molar-refractivity contribution in [1.29, 1.82) is 0 Å².